The molecule has 0 unspecified atom stereocenters. The molecule has 1 aromatic carbocycles. The third-order valence-corrected chi connectivity index (χ3v) is 2.86. The molecule has 0 fully saturated rings. The minimum absolute atomic E-state index is 0.891. The van der Waals surface area contributed by atoms with Crippen LogP contribution in [-0.4, -0.2) is 0 Å². The second-order valence-corrected chi connectivity index (χ2v) is 3.45. The number of ether oxygens (including phenoxy) is 1. The van der Waals surface area contributed by atoms with E-state index in [0.717, 1.165) is 22.4 Å². The lowest BCUT2D eigenvalue weighted by atomic mass is 9.94. The first-order chi connectivity index (χ1) is 6.00. The average molecular weight is 176 g/mol. The van der Waals surface area contributed by atoms with E-state index in [2.05, 4.69) is 27.9 Å². The van der Waals surface area contributed by atoms with Gasteiger partial charge in [-0.05, 0) is 62.4 Å². The highest BCUT2D eigenvalue weighted by Gasteiger charge is 2.11. The summed E-state index contributed by atoms with van der Waals surface area (Å²) < 4.78 is 5.11. The maximum absolute atomic E-state index is 5.11. The molecule has 0 N–H and O–H groups in total. The molecule has 0 saturated heterocycles. The van der Waals surface area contributed by atoms with E-state index in [0.29, 0.717) is 0 Å². The second-order valence-electron chi connectivity index (χ2n) is 3.45. The van der Waals surface area contributed by atoms with Crippen molar-refractivity contribution in [2.75, 3.05) is 0 Å². The predicted molar refractivity (Wildman–Crippen MR) is 55.8 cm³/mol. The Morgan fingerprint density at radius 3 is 1.54 bits per heavy atom. The lowest BCUT2D eigenvalue weighted by Crippen LogP contribution is -1.98. The van der Waals surface area contributed by atoms with Crippen molar-refractivity contribution in [2.24, 2.45) is 0 Å². The fraction of sp³-hybridized carbons (Fsp3) is 0.333. The number of hydrogen-bond acceptors (Lipinski definition) is 1. The summed E-state index contributed by atoms with van der Waals surface area (Å²) in [4.78, 5) is 0. The fourth-order valence-electron chi connectivity index (χ4n) is 1.57. The largest absolute Gasteiger partial charge is 0.489 e. The smallest absolute Gasteiger partial charge is 0.125 e. The van der Waals surface area contributed by atoms with Crippen LogP contribution in [0, 0.1) is 41.7 Å². The standard InChI is InChI=1S/C12H16O/c1-7-8(2)10(4)12(13-6)11(5)9(7)3/h1,6H2,2-5H3. The van der Waals surface area contributed by atoms with Gasteiger partial charge in [-0.1, -0.05) is 0 Å². The van der Waals surface area contributed by atoms with Crippen LogP contribution in [0.3, 0.4) is 0 Å². The molecule has 0 aromatic heterocycles. The zero-order valence-corrected chi connectivity index (χ0v) is 8.82. The fourth-order valence-corrected chi connectivity index (χ4v) is 1.57. The van der Waals surface area contributed by atoms with Crippen LogP contribution in [0.1, 0.15) is 27.8 Å². The van der Waals surface area contributed by atoms with E-state index in [1.807, 2.05) is 13.8 Å². The molecule has 13 heavy (non-hydrogen) atoms. The molecular weight excluding hydrogens is 160 g/mol. The maximum atomic E-state index is 5.11. The first-order valence-corrected chi connectivity index (χ1v) is 4.35. The summed E-state index contributed by atoms with van der Waals surface area (Å²) in [7, 11) is 3.47. The summed E-state index contributed by atoms with van der Waals surface area (Å²) in [5, 5.41) is 0. The Kier molecular flexibility index (Phi) is 2.65. The minimum Gasteiger partial charge on any atom is -0.489 e. The van der Waals surface area contributed by atoms with Gasteiger partial charge in [0.1, 0.15) is 12.9 Å². The second kappa shape index (κ2) is 3.41. The molecule has 0 spiro atoms. The van der Waals surface area contributed by atoms with E-state index in [-0.39, 0.29) is 0 Å². The van der Waals surface area contributed by atoms with Crippen LogP contribution < -0.4 is 4.74 Å². The van der Waals surface area contributed by atoms with Crippen LogP contribution >= 0.6 is 0 Å². The van der Waals surface area contributed by atoms with Crippen molar-refractivity contribution in [3.63, 3.8) is 0 Å². The van der Waals surface area contributed by atoms with E-state index < -0.39 is 0 Å². The van der Waals surface area contributed by atoms with E-state index in [9.17, 15) is 0 Å². The molecule has 0 heterocycles. The third kappa shape index (κ3) is 1.43. The monoisotopic (exact) mass is 176 g/mol. The summed E-state index contributed by atoms with van der Waals surface area (Å²) in [6.07, 6.45) is 0. The Labute approximate surface area is 80.7 Å². The highest BCUT2D eigenvalue weighted by molar-refractivity contribution is 5.54. The van der Waals surface area contributed by atoms with E-state index >= 15 is 0 Å². The van der Waals surface area contributed by atoms with Crippen molar-refractivity contribution in [2.45, 2.75) is 27.7 Å². The highest BCUT2D eigenvalue weighted by Crippen LogP contribution is 2.31. The van der Waals surface area contributed by atoms with Gasteiger partial charge in [-0.2, -0.15) is 0 Å². The average Bonchev–Trinajstić information content (AvgIpc) is 2.13. The quantitative estimate of drug-likeness (QED) is 0.638. The zero-order chi connectivity index (χ0) is 10.2. The van der Waals surface area contributed by atoms with Crippen molar-refractivity contribution in [3.8, 4) is 5.75 Å². The Hall–Kier alpha value is -0.980. The Bertz CT molecular complexity index is 308. The minimum atomic E-state index is 0.891. The Morgan fingerprint density at radius 2 is 1.23 bits per heavy atom. The lowest BCUT2D eigenvalue weighted by molar-refractivity contribution is 0.464. The van der Waals surface area contributed by atoms with Crippen LogP contribution in [-0.2, 0) is 0 Å². The van der Waals surface area contributed by atoms with Crippen molar-refractivity contribution >= 4 is 0 Å². The molecule has 70 valence electrons. The van der Waals surface area contributed by atoms with Crippen molar-refractivity contribution < 1.29 is 4.74 Å². The van der Waals surface area contributed by atoms with Gasteiger partial charge in [-0.25, -0.2) is 0 Å². The number of hydrogen-bond donors (Lipinski definition) is 0. The summed E-state index contributed by atoms with van der Waals surface area (Å²) in [5.41, 5.74) is 5.78. The van der Waals surface area contributed by atoms with Gasteiger partial charge in [-0.15, -0.1) is 0 Å². The third-order valence-electron chi connectivity index (χ3n) is 2.86. The predicted octanol–water partition coefficient (Wildman–Crippen LogP) is 3.27. The zero-order valence-electron chi connectivity index (χ0n) is 8.82. The van der Waals surface area contributed by atoms with Crippen LogP contribution in [0.15, 0.2) is 0 Å². The van der Waals surface area contributed by atoms with Crippen LogP contribution in [0.4, 0.5) is 0 Å². The van der Waals surface area contributed by atoms with Gasteiger partial charge in [0.15, 0.2) is 0 Å². The van der Waals surface area contributed by atoms with Crippen molar-refractivity contribution in [1.29, 1.82) is 0 Å². The van der Waals surface area contributed by atoms with Crippen molar-refractivity contribution in [1.82, 2.24) is 0 Å². The summed E-state index contributed by atoms with van der Waals surface area (Å²) in [5.74, 6) is 0.891. The Balaban J connectivity index is 3.56. The molecule has 0 aliphatic heterocycles. The normalized spacial score (nSPS) is 10.3. The Morgan fingerprint density at radius 1 is 0.846 bits per heavy atom. The molecular formula is C12H16O. The molecule has 1 rings (SSSR count). The molecule has 0 bridgehead atoms. The molecule has 0 aliphatic rings. The summed E-state index contributed by atoms with van der Waals surface area (Å²) in [6.45, 7) is 12.2. The highest BCUT2D eigenvalue weighted by atomic mass is 16.5. The summed E-state index contributed by atoms with van der Waals surface area (Å²) >= 11 is 0. The molecule has 0 amide bonds. The van der Waals surface area contributed by atoms with Gasteiger partial charge >= 0.3 is 0 Å². The van der Waals surface area contributed by atoms with Crippen LogP contribution in [0.2, 0.25) is 0 Å². The van der Waals surface area contributed by atoms with Gasteiger partial charge in [-0.3, -0.25) is 0 Å². The SMILES string of the molecule is [CH2]Oc1c(C)c(C)c([CH2])c(C)c1C. The van der Waals surface area contributed by atoms with Gasteiger partial charge in [0, 0.05) is 0 Å². The number of rotatable bonds is 1. The van der Waals surface area contributed by atoms with Gasteiger partial charge < -0.3 is 4.74 Å². The van der Waals surface area contributed by atoms with E-state index in [4.69, 9.17) is 4.74 Å². The van der Waals surface area contributed by atoms with Crippen LogP contribution in [0.5, 0.6) is 5.75 Å². The maximum Gasteiger partial charge on any atom is 0.125 e. The number of benzene rings is 1. The van der Waals surface area contributed by atoms with Gasteiger partial charge in [0.05, 0.1) is 0 Å². The molecule has 2 radical (unpaired) electrons. The van der Waals surface area contributed by atoms with E-state index in [1.54, 1.807) is 0 Å². The topological polar surface area (TPSA) is 9.23 Å². The molecule has 0 aliphatic carbocycles. The van der Waals surface area contributed by atoms with Crippen molar-refractivity contribution in [3.05, 3.63) is 41.9 Å². The van der Waals surface area contributed by atoms with Gasteiger partial charge in [0.25, 0.3) is 0 Å². The van der Waals surface area contributed by atoms with Crippen LogP contribution in [0.25, 0.3) is 0 Å². The van der Waals surface area contributed by atoms with E-state index in [1.165, 1.54) is 11.1 Å². The first kappa shape index (κ1) is 10.1. The molecule has 1 aromatic rings. The summed E-state index contributed by atoms with van der Waals surface area (Å²) in [6, 6.07) is 0. The van der Waals surface area contributed by atoms with Gasteiger partial charge in [0.2, 0.25) is 0 Å². The lowest BCUT2D eigenvalue weighted by Gasteiger charge is -2.16. The molecule has 0 saturated carbocycles. The molecule has 1 heteroatoms. The first-order valence-electron chi connectivity index (χ1n) is 4.35. The molecule has 1 nitrogen and oxygen atoms in total. The molecule has 0 atom stereocenters.